The van der Waals surface area contributed by atoms with E-state index in [0.717, 1.165) is 66.1 Å². The van der Waals surface area contributed by atoms with Crippen LogP contribution in [0.1, 0.15) is 39.2 Å². The lowest BCUT2D eigenvalue weighted by molar-refractivity contribution is -0.00808. The quantitative estimate of drug-likeness (QED) is 0.257. The maximum atomic E-state index is 12.9. The molecule has 0 radical (unpaired) electrons. The van der Waals surface area contributed by atoms with E-state index in [2.05, 4.69) is 50.8 Å². The lowest BCUT2D eigenvalue weighted by Crippen LogP contribution is -2.57. The first kappa shape index (κ1) is 28.0. The van der Waals surface area contributed by atoms with Gasteiger partial charge < -0.3 is 10.5 Å². The second-order valence-corrected chi connectivity index (χ2v) is 12.8. The number of piperazine rings is 1. The number of benzene rings is 2. The van der Waals surface area contributed by atoms with Crippen molar-refractivity contribution >= 4 is 23.1 Å². The summed E-state index contributed by atoms with van der Waals surface area (Å²) in [6.07, 6.45) is 3.54. The molecule has 9 heteroatoms. The van der Waals surface area contributed by atoms with Gasteiger partial charge in [0.25, 0.3) is 0 Å². The second-order valence-electron chi connectivity index (χ2n) is 12.8. The average Bonchev–Trinajstić information content (AvgIpc) is 3.65. The van der Waals surface area contributed by atoms with Crippen LogP contribution in [0.2, 0.25) is 0 Å². The van der Waals surface area contributed by atoms with Crippen molar-refractivity contribution in [3.63, 3.8) is 0 Å². The van der Waals surface area contributed by atoms with E-state index < -0.39 is 5.60 Å². The van der Waals surface area contributed by atoms with E-state index in [1.54, 1.807) is 6.20 Å². The fourth-order valence-corrected chi connectivity index (χ4v) is 6.14. The van der Waals surface area contributed by atoms with E-state index in [0.29, 0.717) is 18.2 Å². The van der Waals surface area contributed by atoms with Crippen molar-refractivity contribution in [1.82, 2.24) is 29.3 Å². The highest BCUT2D eigenvalue weighted by Crippen LogP contribution is 2.45. The Morgan fingerprint density at radius 1 is 0.932 bits per heavy atom. The third kappa shape index (κ3) is 5.39. The van der Waals surface area contributed by atoms with Gasteiger partial charge >= 0.3 is 6.09 Å². The highest BCUT2D eigenvalue weighted by molar-refractivity contribution is 5.84. The normalized spacial score (nSPS) is 16.4. The third-order valence-electron chi connectivity index (χ3n) is 8.43. The zero-order valence-corrected chi connectivity index (χ0v) is 25.4. The van der Waals surface area contributed by atoms with Crippen LogP contribution < -0.4 is 5.73 Å². The molecule has 2 aliphatic rings. The van der Waals surface area contributed by atoms with Gasteiger partial charge in [0.2, 0.25) is 0 Å². The molecule has 1 amide bonds. The lowest BCUT2D eigenvalue weighted by Gasteiger charge is -2.42. The number of rotatable bonds is 5. The summed E-state index contributed by atoms with van der Waals surface area (Å²) in [4.78, 5) is 31.7. The molecule has 7 rings (SSSR count). The standard InChI is InChI=1S/C35H37N7O2/c1-34(2,3)44-33(43)41-21-20-40(23-35(41)17-18-35)22-24-11-13-26(14-12-24)42-31(27-10-7-19-37-30(27)36)39-29-16-15-28(38-32(29)42)25-8-5-4-6-9-25/h4-16,19H,17-18,20-23H2,1-3H3,(H2,36,37). The minimum Gasteiger partial charge on any atom is -0.444 e. The van der Waals surface area contributed by atoms with E-state index in [9.17, 15) is 4.79 Å². The largest absolute Gasteiger partial charge is 0.444 e. The first-order valence-electron chi connectivity index (χ1n) is 15.2. The van der Waals surface area contributed by atoms with Gasteiger partial charge in [0.15, 0.2) is 11.5 Å². The highest BCUT2D eigenvalue weighted by Gasteiger charge is 2.54. The second kappa shape index (κ2) is 10.7. The Balaban J connectivity index is 1.18. The molecule has 1 aliphatic carbocycles. The summed E-state index contributed by atoms with van der Waals surface area (Å²) >= 11 is 0. The zero-order chi connectivity index (χ0) is 30.5. The molecule has 1 aliphatic heterocycles. The van der Waals surface area contributed by atoms with Crippen molar-refractivity contribution in [3.05, 3.63) is 90.6 Å². The van der Waals surface area contributed by atoms with Crippen LogP contribution in [0.25, 0.3) is 39.5 Å². The molecule has 0 atom stereocenters. The Morgan fingerprint density at radius 2 is 1.70 bits per heavy atom. The molecular formula is C35H37N7O2. The number of carbonyl (C=O) groups excluding carboxylic acids is 1. The van der Waals surface area contributed by atoms with E-state index in [-0.39, 0.29) is 11.6 Å². The van der Waals surface area contributed by atoms with Crippen LogP contribution in [0.3, 0.4) is 0 Å². The monoisotopic (exact) mass is 587 g/mol. The maximum absolute atomic E-state index is 12.9. The molecular weight excluding hydrogens is 550 g/mol. The number of nitrogens with two attached hydrogens (primary N) is 1. The molecule has 2 aromatic carbocycles. The first-order valence-corrected chi connectivity index (χ1v) is 15.2. The number of carbonyl (C=O) groups is 1. The van der Waals surface area contributed by atoms with Crippen LogP contribution in [0, 0.1) is 0 Å². The van der Waals surface area contributed by atoms with Crippen molar-refractivity contribution in [2.24, 2.45) is 0 Å². The molecule has 5 aromatic rings. The number of anilines is 1. The van der Waals surface area contributed by atoms with Gasteiger partial charge in [0, 0.05) is 43.6 Å². The fourth-order valence-electron chi connectivity index (χ4n) is 6.14. The van der Waals surface area contributed by atoms with Crippen LogP contribution in [0.5, 0.6) is 0 Å². The minimum atomic E-state index is -0.492. The summed E-state index contributed by atoms with van der Waals surface area (Å²) in [5, 5.41) is 0. The molecule has 0 unspecified atom stereocenters. The van der Waals surface area contributed by atoms with Crippen LogP contribution in [-0.4, -0.2) is 66.2 Å². The number of nitrogen functional groups attached to an aromatic ring is 1. The topological polar surface area (TPSA) is 102 Å². The van der Waals surface area contributed by atoms with Crippen molar-refractivity contribution in [3.8, 4) is 28.3 Å². The number of pyridine rings is 2. The summed E-state index contributed by atoms with van der Waals surface area (Å²) in [5.74, 6) is 1.12. The highest BCUT2D eigenvalue weighted by atomic mass is 16.6. The Labute approximate surface area is 257 Å². The number of ether oxygens (including phenoxy) is 1. The van der Waals surface area contributed by atoms with E-state index >= 15 is 0 Å². The van der Waals surface area contributed by atoms with Gasteiger partial charge in [0.05, 0.1) is 16.8 Å². The van der Waals surface area contributed by atoms with Crippen molar-refractivity contribution in [2.75, 3.05) is 25.4 Å². The minimum absolute atomic E-state index is 0.100. The molecule has 1 spiro atoms. The molecule has 224 valence electrons. The van der Waals surface area contributed by atoms with Gasteiger partial charge in [-0.15, -0.1) is 0 Å². The molecule has 4 heterocycles. The Kier molecular flexibility index (Phi) is 6.85. The lowest BCUT2D eigenvalue weighted by atomic mass is 10.1. The van der Waals surface area contributed by atoms with Crippen molar-refractivity contribution in [2.45, 2.75) is 51.3 Å². The van der Waals surface area contributed by atoms with Crippen LogP contribution >= 0.6 is 0 Å². The molecule has 44 heavy (non-hydrogen) atoms. The van der Waals surface area contributed by atoms with Crippen molar-refractivity contribution in [1.29, 1.82) is 0 Å². The summed E-state index contributed by atoms with van der Waals surface area (Å²) in [6, 6.07) is 26.5. The first-order chi connectivity index (χ1) is 21.2. The van der Waals surface area contributed by atoms with Gasteiger partial charge in [-0.25, -0.2) is 19.7 Å². The van der Waals surface area contributed by atoms with Gasteiger partial charge in [0.1, 0.15) is 16.9 Å². The number of nitrogens with zero attached hydrogens (tertiary/aromatic N) is 6. The third-order valence-corrected chi connectivity index (χ3v) is 8.43. The van der Waals surface area contributed by atoms with Crippen LogP contribution in [-0.2, 0) is 11.3 Å². The zero-order valence-electron chi connectivity index (χ0n) is 25.4. The maximum Gasteiger partial charge on any atom is 0.410 e. The van der Waals surface area contributed by atoms with Gasteiger partial charge in [-0.2, -0.15) is 0 Å². The Bertz CT molecular complexity index is 1820. The summed E-state index contributed by atoms with van der Waals surface area (Å²) < 4.78 is 7.78. The van der Waals surface area contributed by atoms with Gasteiger partial charge in [-0.05, 0) is 75.6 Å². The van der Waals surface area contributed by atoms with Gasteiger partial charge in [-0.1, -0.05) is 42.5 Å². The number of hydrogen-bond acceptors (Lipinski definition) is 7. The number of imidazole rings is 1. The smallest absolute Gasteiger partial charge is 0.410 e. The van der Waals surface area contributed by atoms with E-state index in [1.165, 1.54) is 5.56 Å². The number of aromatic nitrogens is 4. The predicted molar refractivity (Wildman–Crippen MR) is 172 cm³/mol. The van der Waals surface area contributed by atoms with Crippen molar-refractivity contribution < 1.29 is 9.53 Å². The molecule has 2 fully saturated rings. The average molecular weight is 588 g/mol. The summed E-state index contributed by atoms with van der Waals surface area (Å²) in [5.41, 5.74) is 12.1. The number of hydrogen-bond donors (Lipinski definition) is 1. The number of amides is 1. The molecule has 1 saturated heterocycles. The summed E-state index contributed by atoms with van der Waals surface area (Å²) in [6.45, 7) is 8.92. The van der Waals surface area contributed by atoms with Crippen LogP contribution in [0.15, 0.2) is 85.1 Å². The van der Waals surface area contributed by atoms with Crippen LogP contribution in [0.4, 0.5) is 10.6 Å². The Morgan fingerprint density at radius 3 is 2.41 bits per heavy atom. The predicted octanol–water partition coefficient (Wildman–Crippen LogP) is 6.32. The summed E-state index contributed by atoms with van der Waals surface area (Å²) in [7, 11) is 0. The van der Waals surface area contributed by atoms with Gasteiger partial charge in [-0.3, -0.25) is 14.4 Å². The SMILES string of the molecule is CC(C)(C)OC(=O)N1CCN(Cc2ccc(-n3c(-c4cccnc4N)nc4ccc(-c5ccccc5)nc43)cc2)CC12CC2. The molecule has 3 aromatic heterocycles. The van der Waals surface area contributed by atoms with E-state index in [1.807, 2.05) is 68.1 Å². The molecule has 9 nitrogen and oxygen atoms in total. The molecule has 1 saturated carbocycles. The molecule has 2 N–H and O–H groups in total. The fraction of sp³-hybridized carbons (Fsp3) is 0.314. The Hall–Kier alpha value is -4.76. The number of fused-ring (bicyclic) bond motifs is 1. The molecule has 0 bridgehead atoms. The van der Waals surface area contributed by atoms with E-state index in [4.69, 9.17) is 20.4 Å².